The van der Waals surface area contributed by atoms with Gasteiger partial charge in [-0.2, -0.15) is 0 Å². The molecule has 0 saturated heterocycles. The first kappa shape index (κ1) is 11.7. The molecule has 0 N–H and O–H groups in total. The van der Waals surface area contributed by atoms with Crippen molar-refractivity contribution in [2.24, 2.45) is 0 Å². The van der Waals surface area contributed by atoms with E-state index in [9.17, 15) is 0 Å². The van der Waals surface area contributed by atoms with Crippen molar-refractivity contribution >= 4 is 69.3 Å². The third-order valence-corrected chi connectivity index (χ3v) is 6.22. The molecule has 0 bridgehead atoms. The van der Waals surface area contributed by atoms with E-state index >= 15 is 0 Å². The molecule has 3 rings (SSSR count). The lowest BCUT2D eigenvalue weighted by atomic mass is 10.0. The van der Waals surface area contributed by atoms with Crippen molar-refractivity contribution in [3.8, 4) is 0 Å². The third-order valence-electron chi connectivity index (χ3n) is 2.88. The van der Waals surface area contributed by atoms with Gasteiger partial charge in [-0.05, 0) is 75.4 Å². The van der Waals surface area contributed by atoms with E-state index in [4.69, 9.17) is 0 Å². The highest BCUT2D eigenvalue weighted by molar-refractivity contribution is 9.14. The van der Waals surface area contributed by atoms with E-state index in [1.54, 1.807) is 0 Å². The number of hydrogen-bond acceptors (Lipinski definition) is 0. The molecule has 3 heteroatoms. The molecular weight excluding hydrogens is 408 g/mol. The molecular formula is C14H7Br3. The number of fused-ring (bicyclic) bond motifs is 3. The molecule has 3 aromatic carbocycles. The van der Waals surface area contributed by atoms with Gasteiger partial charge in [-0.1, -0.05) is 36.4 Å². The zero-order valence-electron chi connectivity index (χ0n) is 8.68. The molecule has 0 radical (unpaired) electrons. The van der Waals surface area contributed by atoms with Gasteiger partial charge in [0.05, 0.1) is 0 Å². The van der Waals surface area contributed by atoms with Gasteiger partial charge in [0.1, 0.15) is 0 Å². The van der Waals surface area contributed by atoms with Crippen LogP contribution in [-0.2, 0) is 0 Å². The monoisotopic (exact) mass is 412 g/mol. The minimum atomic E-state index is 1.06. The van der Waals surface area contributed by atoms with E-state index in [0.29, 0.717) is 0 Å². The normalized spacial score (nSPS) is 11.2. The summed E-state index contributed by atoms with van der Waals surface area (Å²) in [6, 6.07) is 14.9. The van der Waals surface area contributed by atoms with Crippen molar-refractivity contribution in [1.29, 1.82) is 0 Å². The lowest BCUT2D eigenvalue weighted by Gasteiger charge is -2.08. The van der Waals surface area contributed by atoms with Crippen molar-refractivity contribution in [2.45, 2.75) is 0 Å². The molecule has 0 nitrogen and oxygen atoms in total. The van der Waals surface area contributed by atoms with Crippen LogP contribution in [0.3, 0.4) is 0 Å². The molecule has 0 heterocycles. The largest absolute Gasteiger partial charge is 0.0616 e. The van der Waals surface area contributed by atoms with Crippen LogP contribution in [0.4, 0.5) is 0 Å². The molecule has 0 saturated carbocycles. The summed E-state index contributed by atoms with van der Waals surface area (Å²) in [6.07, 6.45) is 0. The van der Waals surface area contributed by atoms with E-state index in [1.165, 1.54) is 21.5 Å². The Morgan fingerprint density at radius 3 is 2.24 bits per heavy atom. The fraction of sp³-hybridized carbons (Fsp3) is 0. The third kappa shape index (κ3) is 1.85. The van der Waals surface area contributed by atoms with E-state index in [-0.39, 0.29) is 0 Å². The van der Waals surface area contributed by atoms with Crippen LogP contribution >= 0.6 is 47.8 Å². The van der Waals surface area contributed by atoms with Crippen LogP contribution in [0.2, 0.25) is 0 Å². The molecule has 0 aliphatic heterocycles. The number of rotatable bonds is 0. The van der Waals surface area contributed by atoms with Crippen molar-refractivity contribution < 1.29 is 0 Å². The smallest absolute Gasteiger partial charge is 0.0466 e. The van der Waals surface area contributed by atoms with Gasteiger partial charge in [0.15, 0.2) is 0 Å². The molecule has 0 aliphatic rings. The Morgan fingerprint density at radius 2 is 1.41 bits per heavy atom. The maximum Gasteiger partial charge on any atom is 0.0466 e. The topological polar surface area (TPSA) is 0 Å². The van der Waals surface area contributed by atoms with Crippen LogP contribution < -0.4 is 0 Å². The second-order valence-electron chi connectivity index (χ2n) is 3.87. The second kappa shape index (κ2) is 4.38. The Hall–Kier alpha value is -0.380. The molecule has 0 spiro atoms. The zero-order chi connectivity index (χ0) is 12.0. The molecule has 3 aromatic rings. The van der Waals surface area contributed by atoms with E-state index in [0.717, 1.165) is 13.4 Å². The summed E-state index contributed by atoms with van der Waals surface area (Å²) in [7, 11) is 0. The first-order chi connectivity index (χ1) is 8.18. The average Bonchev–Trinajstić information content (AvgIpc) is 2.36. The standard InChI is InChI=1S/C14H7Br3/c15-12-7-11-9-4-2-1-3-8(9)5-6-10(11)13(16)14(12)17/h1-7H. The van der Waals surface area contributed by atoms with Gasteiger partial charge in [0, 0.05) is 13.4 Å². The summed E-state index contributed by atoms with van der Waals surface area (Å²) in [4.78, 5) is 0. The summed E-state index contributed by atoms with van der Waals surface area (Å²) in [5.74, 6) is 0. The Bertz CT molecular complexity index is 732. The molecule has 0 aliphatic carbocycles. The molecule has 0 amide bonds. The maximum atomic E-state index is 3.64. The molecule has 84 valence electrons. The fourth-order valence-electron chi connectivity index (χ4n) is 2.06. The summed E-state index contributed by atoms with van der Waals surface area (Å²) in [5.41, 5.74) is 0. The Labute approximate surface area is 124 Å². The Kier molecular flexibility index (Phi) is 3.01. The molecule has 0 unspecified atom stereocenters. The minimum Gasteiger partial charge on any atom is -0.0616 e. The van der Waals surface area contributed by atoms with Crippen LogP contribution in [0, 0.1) is 0 Å². The van der Waals surface area contributed by atoms with Gasteiger partial charge < -0.3 is 0 Å². The van der Waals surface area contributed by atoms with Crippen LogP contribution in [0.25, 0.3) is 21.5 Å². The SMILES string of the molecule is Brc1cc2c(ccc3ccccc32)c(Br)c1Br. The quantitative estimate of drug-likeness (QED) is 0.300. The molecule has 0 fully saturated rings. The van der Waals surface area contributed by atoms with Gasteiger partial charge in [0.25, 0.3) is 0 Å². The summed E-state index contributed by atoms with van der Waals surface area (Å²) in [5, 5.41) is 5.02. The van der Waals surface area contributed by atoms with Gasteiger partial charge in [0.2, 0.25) is 0 Å². The first-order valence-corrected chi connectivity index (χ1v) is 7.51. The summed E-state index contributed by atoms with van der Waals surface area (Å²) < 4.78 is 3.21. The van der Waals surface area contributed by atoms with Crippen LogP contribution in [0.15, 0.2) is 55.9 Å². The van der Waals surface area contributed by atoms with E-state index < -0.39 is 0 Å². The van der Waals surface area contributed by atoms with Crippen molar-refractivity contribution in [1.82, 2.24) is 0 Å². The van der Waals surface area contributed by atoms with Crippen LogP contribution in [0.1, 0.15) is 0 Å². The van der Waals surface area contributed by atoms with Gasteiger partial charge >= 0.3 is 0 Å². The first-order valence-electron chi connectivity index (χ1n) is 5.13. The van der Waals surface area contributed by atoms with Crippen molar-refractivity contribution in [2.75, 3.05) is 0 Å². The lowest BCUT2D eigenvalue weighted by Crippen LogP contribution is -1.81. The van der Waals surface area contributed by atoms with Crippen molar-refractivity contribution in [3.05, 3.63) is 55.9 Å². The fourth-order valence-corrected chi connectivity index (χ4v) is 3.64. The van der Waals surface area contributed by atoms with Crippen LogP contribution in [0.5, 0.6) is 0 Å². The average molecular weight is 415 g/mol. The maximum absolute atomic E-state index is 3.64. The van der Waals surface area contributed by atoms with Gasteiger partial charge in [-0.15, -0.1) is 0 Å². The number of halogens is 3. The number of benzene rings is 3. The second-order valence-corrected chi connectivity index (χ2v) is 6.31. The summed E-state index contributed by atoms with van der Waals surface area (Å²) >= 11 is 10.8. The predicted molar refractivity (Wildman–Crippen MR) is 84.6 cm³/mol. The van der Waals surface area contributed by atoms with Gasteiger partial charge in [-0.25, -0.2) is 0 Å². The van der Waals surface area contributed by atoms with E-state index in [1.807, 2.05) is 0 Å². The molecule has 0 atom stereocenters. The van der Waals surface area contributed by atoms with Crippen molar-refractivity contribution in [3.63, 3.8) is 0 Å². The lowest BCUT2D eigenvalue weighted by molar-refractivity contribution is 1.61. The molecule has 0 aromatic heterocycles. The van der Waals surface area contributed by atoms with Crippen LogP contribution in [-0.4, -0.2) is 0 Å². The van der Waals surface area contributed by atoms with Gasteiger partial charge in [-0.3, -0.25) is 0 Å². The highest BCUT2D eigenvalue weighted by Crippen LogP contribution is 2.39. The summed E-state index contributed by atoms with van der Waals surface area (Å²) in [6.45, 7) is 0. The minimum absolute atomic E-state index is 1.06. The highest BCUT2D eigenvalue weighted by Gasteiger charge is 2.09. The highest BCUT2D eigenvalue weighted by atomic mass is 79.9. The Balaban J connectivity index is 2.59. The Morgan fingerprint density at radius 1 is 0.647 bits per heavy atom. The number of hydrogen-bond donors (Lipinski definition) is 0. The van der Waals surface area contributed by atoms with E-state index in [2.05, 4.69) is 90.3 Å². The predicted octanol–water partition coefficient (Wildman–Crippen LogP) is 6.28. The molecule has 17 heavy (non-hydrogen) atoms. The zero-order valence-corrected chi connectivity index (χ0v) is 13.4.